The molecule has 2 fully saturated rings. The van der Waals surface area contributed by atoms with Crippen molar-refractivity contribution >= 4 is 23.8 Å². The number of fused-ring (bicyclic) bond motifs is 1. The van der Waals surface area contributed by atoms with E-state index in [2.05, 4.69) is 16.0 Å². The number of imide groups is 1. The Hall–Kier alpha value is -2.94. The molecule has 0 aliphatic carbocycles. The van der Waals surface area contributed by atoms with Gasteiger partial charge >= 0.3 is 6.03 Å². The summed E-state index contributed by atoms with van der Waals surface area (Å²) in [7, 11) is 0. The van der Waals surface area contributed by atoms with Gasteiger partial charge in [-0.05, 0) is 23.6 Å². The van der Waals surface area contributed by atoms with Crippen LogP contribution in [0.1, 0.15) is 34.3 Å². The highest BCUT2D eigenvalue weighted by molar-refractivity contribution is 6.05. The molecule has 3 heterocycles. The van der Waals surface area contributed by atoms with Crippen molar-refractivity contribution in [1.29, 1.82) is 0 Å². The number of nitrogens with one attached hydrogen (secondary N) is 3. The smallest absolute Gasteiger partial charge is 0.317 e. The molecular formula is C19H23N5O4. The van der Waals surface area contributed by atoms with Crippen LogP contribution >= 0.6 is 0 Å². The minimum atomic E-state index is -0.617. The number of piperazine rings is 1. The molecule has 3 aliphatic heterocycles. The third-order valence-corrected chi connectivity index (χ3v) is 5.44. The van der Waals surface area contributed by atoms with Crippen molar-refractivity contribution in [3.8, 4) is 0 Å². The number of hydrogen-bond donors (Lipinski definition) is 3. The molecule has 4 rings (SSSR count). The van der Waals surface area contributed by atoms with Crippen molar-refractivity contribution in [2.75, 3.05) is 26.2 Å². The lowest BCUT2D eigenvalue weighted by atomic mass is 10.0. The number of amides is 5. The molecule has 1 unspecified atom stereocenters. The standard InChI is InChI=1S/C19H23N5O4/c25-16-4-3-15(17(26)22-16)24-11-13-9-12(1-2-14(13)18(24)27)10-21-19(28)23-7-5-20-6-8-23/h1-2,9,15,20H,3-8,10-11H2,(H,21,28)(H,22,25,26). The topological polar surface area (TPSA) is 111 Å². The van der Waals surface area contributed by atoms with Crippen LogP contribution in [0.3, 0.4) is 0 Å². The van der Waals surface area contributed by atoms with Gasteiger partial charge in [0.2, 0.25) is 11.8 Å². The van der Waals surface area contributed by atoms with E-state index < -0.39 is 11.9 Å². The Labute approximate surface area is 162 Å². The molecule has 1 aromatic carbocycles. The molecule has 0 aromatic heterocycles. The van der Waals surface area contributed by atoms with Gasteiger partial charge in [-0.1, -0.05) is 12.1 Å². The fourth-order valence-electron chi connectivity index (χ4n) is 3.90. The molecule has 9 heteroatoms. The summed E-state index contributed by atoms with van der Waals surface area (Å²) in [6, 6.07) is 4.76. The molecule has 28 heavy (non-hydrogen) atoms. The average Bonchev–Trinajstić information content (AvgIpc) is 3.02. The molecule has 0 saturated carbocycles. The molecule has 0 bridgehead atoms. The summed E-state index contributed by atoms with van der Waals surface area (Å²) in [5.74, 6) is -0.908. The van der Waals surface area contributed by atoms with E-state index in [1.54, 1.807) is 11.0 Å². The maximum absolute atomic E-state index is 12.7. The lowest BCUT2D eigenvalue weighted by Crippen LogP contribution is -2.52. The first-order valence-electron chi connectivity index (χ1n) is 9.53. The minimum absolute atomic E-state index is 0.0942. The number of rotatable bonds is 3. The first-order chi connectivity index (χ1) is 13.5. The Morgan fingerprint density at radius 2 is 1.96 bits per heavy atom. The van der Waals surface area contributed by atoms with Crippen LogP contribution in [0.2, 0.25) is 0 Å². The van der Waals surface area contributed by atoms with Gasteiger partial charge in [0, 0.05) is 51.3 Å². The molecule has 1 atom stereocenters. The van der Waals surface area contributed by atoms with E-state index in [4.69, 9.17) is 0 Å². The largest absolute Gasteiger partial charge is 0.334 e. The lowest BCUT2D eigenvalue weighted by Gasteiger charge is -2.29. The predicted octanol–water partition coefficient (Wildman–Crippen LogP) is -0.438. The third kappa shape index (κ3) is 3.57. The average molecular weight is 385 g/mol. The lowest BCUT2D eigenvalue weighted by molar-refractivity contribution is -0.136. The molecule has 2 saturated heterocycles. The molecule has 3 aliphatic rings. The van der Waals surface area contributed by atoms with E-state index in [0.717, 1.165) is 24.2 Å². The van der Waals surface area contributed by atoms with Gasteiger partial charge in [0.05, 0.1) is 0 Å². The highest BCUT2D eigenvalue weighted by Gasteiger charge is 2.39. The molecule has 3 N–H and O–H groups in total. The summed E-state index contributed by atoms with van der Waals surface area (Å²) in [5, 5.41) is 8.42. The zero-order valence-corrected chi connectivity index (χ0v) is 15.5. The zero-order valence-electron chi connectivity index (χ0n) is 15.5. The Kier molecular flexibility index (Phi) is 4.99. The van der Waals surface area contributed by atoms with E-state index >= 15 is 0 Å². The second kappa shape index (κ2) is 7.59. The Morgan fingerprint density at radius 3 is 2.71 bits per heavy atom. The fraction of sp³-hybridized carbons (Fsp3) is 0.474. The first-order valence-corrected chi connectivity index (χ1v) is 9.53. The second-order valence-corrected chi connectivity index (χ2v) is 7.29. The van der Waals surface area contributed by atoms with Crippen LogP contribution in [0, 0.1) is 0 Å². The summed E-state index contributed by atoms with van der Waals surface area (Å²) in [6.45, 7) is 3.68. The highest BCUT2D eigenvalue weighted by atomic mass is 16.2. The number of hydrogen-bond acceptors (Lipinski definition) is 5. The maximum atomic E-state index is 12.7. The normalized spacial score (nSPS) is 22.1. The van der Waals surface area contributed by atoms with Crippen molar-refractivity contribution in [3.63, 3.8) is 0 Å². The van der Waals surface area contributed by atoms with Crippen LogP contribution in [0.15, 0.2) is 18.2 Å². The number of benzene rings is 1. The van der Waals surface area contributed by atoms with Crippen LogP contribution in [0.4, 0.5) is 4.79 Å². The Morgan fingerprint density at radius 1 is 1.18 bits per heavy atom. The van der Waals surface area contributed by atoms with Gasteiger partial charge < -0.3 is 20.4 Å². The summed E-state index contributed by atoms with van der Waals surface area (Å²) in [5.41, 5.74) is 2.31. The Bertz CT molecular complexity index is 834. The molecule has 0 spiro atoms. The van der Waals surface area contributed by atoms with Gasteiger partial charge in [0.1, 0.15) is 6.04 Å². The number of carbonyl (C=O) groups is 4. The van der Waals surface area contributed by atoms with Crippen LogP contribution in [0.25, 0.3) is 0 Å². The van der Waals surface area contributed by atoms with Gasteiger partial charge in [-0.15, -0.1) is 0 Å². The molecule has 5 amide bonds. The first kappa shape index (κ1) is 18.4. The number of nitrogens with zero attached hydrogens (tertiary/aromatic N) is 2. The van der Waals surface area contributed by atoms with Crippen molar-refractivity contribution in [2.45, 2.75) is 32.0 Å². The van der Waals surface area contributed by atoms with E-state index in [-0.39, 0.29) is 24.3 Å². The summed E-state index contributed by atoms with van der Waals surface area (Å²) in [6.07, 6.45) is 0.581. The van der Waals surface area contributed by atoms with Gasteiger partial charge in [0.25, 0.3) is 5.91 Å². The number of piperidine rings is 1. The van der Waals surface area contributed by atoms with E-state index in [1.807, 2.05) is 12.1 Å². The van der Waals surface area contributed by atoms with E-state index in [1.165, 1.54) is 4.90 Å². The molecule has 148 valence electrons. The third-order valence-electron chi connectivity index (χ3n) is 5.44. The van der Waals surface area contributed by atoms with Gasteiger partial charge in [-0.3, -0.25) is 19.7 Å². The minimum Gasteiger partial charge on any atom is -0.334 e. The van der Waals surface area contributed by atoms with Crippen molar-refractivity contribution in [1.82, 2.24) is 25.8 Å². The van der Waals surface area contributed by atoms with Crippen molar-refractivity contribution < 1.29 is 19.2 Å². The van der Waals surface area contributed by atoms with Crippen molar-refractivity contribution in [3.05, 3.63) is 34.9 Å². The van der Waals surface area contributed by atoms with Crippen LogP contribution < -0.4 is 16.0 Å². The molecule has 9 nitrogen and oxygen atoms in total. The summed E-state index contributed by atoms with van der Waals surface area (Å²) in [4.78, 5) is 51.7. The fourth-order valence-corrected chi connectivity index (χ4v) is 3.90. The zero-order chi connectivity index (χ0) is 19.7. The Balaban J connectivity index is 1.40. The SMILES string of the molecule is O=C1CCC(N2Cc3cc(CNC(=O)N4CCNCC4)ccc3C2=O)C(=O)N1. The maximum Gasteiger partial charge on any atom is 0.317 e. The van der Waals surface area contributed by atoms with Crippen LogP contribution in [0.5, 0.6) is 0 Å². The monoisotopic (exact) mass is 385 g/mol. The van der Waals surface area contributed by atoms with Crippen LogP contribution in [-0.4, -0.2) is 65.8 Å². The second-order valence-electron chi connectivity index (χ2n) is 7.29. The predicted molar refractivity (Wildman–Crippen MR) is 99.2 cm³/mol. The molecular weight excluding hydrogens is 362 g/mol. The van der Waals surface area contributed by atoms with E-state index in [9.17, 15) is 19.2 Å². The number of urea groups is 1. The van der Waals surface area contributed by atoms with Gasteiger partial charge in [-0.25, -0.2) is 4.79 Å². The molecule has 0 radical (unpaired) electrons. The van der Waals surface area contributed by atoms with E-state index in [0.29, 0.717) is 38.2 Å². The van der Waals surface area contributed by atoms with Gasteiger partial charge in [0.15, 0.2) is 0 Å². The van der Waals surface area contributed by atoms with Crippen molar-refractivity contribution in [2.24, 2.45) is 0 Å². The summed E-state index contributed by atoms with van der Waals surface area (Å²) >= 11 is 0. The van der Waals surface area contributed by atoms with Crippen LogP contribution in [-0.2, 0) is 22.7 Å². The molecule has 1 aromatic rings. The number of carbonyl (C=O) groups excluding carboxylic acids is 4. The highest BCUT2D eigenvalue weighted by Crippen LogP contribution is 2.28. The van der Waals surface area contributed by atoms with Gasteiger partial charge in [-0.2, -0.15) is 0 Å². The quantitative estimate of drug-likeness (QED) is 0.611. The summed E-state index contributed by atoms with van der Waals surface area (Å²) < 4.78 is 0.